The van der Waals surface area contributed by atoms with E-state index in [9.17, 15) is 19.8 Å². The second-order valence-corrected chi connectivity index (χ2v) is 5.06. The van der Waals surface area contributed by atoms with E-state index in [-0.39, 0.29) is 13.0 Å². The molecular formula is C14H18N2O4. The van der Waals surface area contributed by atoms with Gasteiger partial charge in [-0.05, 0) is 18.1 Å². The molecule has 1 heterocycles. The molecule has 6 nitrogen and oxygen atoms in total. The first-order valence-corrected chi connectivity index (χ1v) is 6.45. The molecule has 0 bridgehead atoms. The van der Waals surface area contributed by atoms with E-state index >= 15 is 0 Å². The standard InChI is InChI=1S/C14H18N2O4/c1-8(17)12(15)13(18)16-7-10-5-3-2-4-9(10)6-11(16)14(19)20/h2-5,8,11-12,17H,6-7,15H2,1H3,(H,19,20)/t8-,11+,12+/m1/s1. The zero-order chi connectivity index (χ0) is 14.9. The summed E-state index contributed by atoms with van der Waals surface area (Å²) in [4.78, 5) is 24.9. The molecule has 4 N–H and O–H groups in total. The monoisotopic (exact) mass is 278 g/mol. The number of nitrogens with zero attached hydrogens (tertiary/aromatic N) is 1. The van der Waals surface area contributed by atoms with Gasteiger partial charge in [-0.3, -0.25) is 4.79 Å². The van der Waals surface area contributed by atoms with Crippen LogP contribution in [0.25, 0.3) is 0 Å². The van der Waals surface area contributed by atoms with Crippen LogP contribution in [0, 0.1) is 0 Å². The van der Waals surface area contributed by atoms with Crippen molar-refractivity contribution >= 4 is 11.9 Å². The van der Waals surface area contributed by atoms with E-state index in [1.54, 1.807) is 0 Å². The molecule has 2 rings (SSSR count). The highest BCUT2D eigenvalue weighted by atomic mass is 16.4. The zero-order valence-electron chi connectivity index (χ0n) is 11.2. The molecule has 0 spiro atoms. The number of aliphatic carboxylic acids is 1. The molecule has 20 heavy (non-hydrogen) atoms. The first kappa shape index (κ1) is 14.5. The Hall–Kier alpha value is -1.92. The number of carbonyl (C=O) groups is 2. The maximum absolute atomic E-state index is 12.2. The summed E-state index contributed by atoms with van der Waals surface area (Å²) < 4.78 is 0. The number of nitrogens with two attached hydrogens (primary N) is 1. The van der Waals surface area contributed by atoms with Crippen LogP contribution in [0.5, 0.6) is 0 Å². The van der Waals surface area contributed by atoms with Crippen LogP contribution in [0.2, 0.25) is 0 Å². The van der Waals surface area contributed by atoms with Crippen molar-refractivity contribution < 1.29 is 19.8 Å². The molecular weight excluding hydrogens is 260 g/mol. The molecule has 0 aliphatic carbocycles. The van der Waals surface area contributed by atoms with Crippen molar-refractivity contribution in [3.63, 3.8) is 0 Å². The first-order chi connectivity index (χ1) is 9.41. The van der Waals surface area contributed by atoms with Crippen molar-refractivity contribution in [3.8, 4) is 0 Å². The number of amides is 1. The number of benzene rings is 1. The Labute approximate surface area is 116 Å². The lowest BCUT2D eigenvalue weighted by molar-refractivity contribution is -0.153. The van der Waals surface area contributed by atoms with E-state index in [1.165, 1.54) is 11.8 Å². The van der Waals surface area contributed by atoms with Gasteiger partial charge in [0, 0.05) is 13.0 Å². The van der Waals surface area contributed by atoms with Gasteiger partial charge < -0.3 is 20.8 Å². The van der Waals surface area contributed by atoms with Gasteiger partial charge in [0.1, 0.15) is 12.1 Å². The number of carboxylic acids is 1. The van der Waals surface area contributed by atoms with Crippen molar-refractivity contribution in [1.82, 2.24) is 4.90 Å². The minimum absolute atomic E-state index is 0.201. The van der Waals surface area contributed by atoms with Crippen LogP contribution in [0.15, 0.2) is 24.3 Å². The Morgan fingerprint density at radius 3 is 2.50 bits per heavy atom. The van der Waals surface area contributed by atoms with Crippen LogP contribution >= 0.6 is 0 Å². The van der Waals surface area contributed by atoms with Crippen molar-refractivity contribution in [3.05, 3.63) is 35.4 Å². The van der Waals surface area contributed by atoms with Crippen molar-refractivity contribution in [2.45, 2.75) is 38.1 Å². The Kier molecular flexibility index (Phi) is 4.06. The third kappa shape index (κ3) is 2.66. The number of hydrogen-bond donors (Lipinski definition) is 3. The molecule has 0 fully saturated rings. The summed E-state index contributed by atoms with van der Waals surface area (Å²) in [6, 6.07) is 5.36. The Balaban J connectivity index is 2.31. The number of rotatable bonds is 3. The van der Waals surface area contributed by atoms with Crippen LogP contribution in [0.4, 0.5) is 0 Å². The highest BCUT2D eigenvalue weighted by Gasteiger charge is 2.37. The van der Waals surface area contributed by atoms with E-state index in [0.29, 0.717) is 0 Å². The van der Waals surface area contributed by atoms with Gasteiger partial charge in [0.25, 0.3) is 0 Å². The zero-order valence-corrected chi connectivity index (χ0v) is 11.2. The van der Waals surface area contributed by atoms with Crippen LogP contribution in [0.3, 0.4) is 0 Å². The summed E-state index contributed by atoms with van der Waals surface area (Å²) >= 11 is 0. The SMILES string of the molecule is C[C@@H](O)[C@H](N)C(=O)N1Cc2ccccc2C[C@H]1C(=O)O. The van der Waals surface area contributed by atoms with Gasteiger partial charge in [-0.2, -0.15) is 0 Å². The van der Waals surface area contributed by atoms with E-state index in [0.717, 1.165) is 11.1 Å². The topological polar surface area (TPSA) is 104 Å². The maximum atomic E-state index is 12.2. The smallest absolute Gasteiger partial charge is 0.326 e. The second kappa shape index (κ2) is 5.60. The van der Waals surface area contributed by atoms with Gasteiger partial charge in [0.2, 0.25) is 5.91 Å². The van der Waals surface area contributed by atoms with Crippen molar-refractivity contribution in [2.75, 3.05) is 0 Å². The highest BCUT2D eigenvalue weighted by molar-refractivity contribution is 5.88. The van der Waals surface area contributed by atoms with Crippen LogP contribution in [-0.2, 0) is 22.6 Å². The Bertz CT molecular complexity index is 530. The normalized spacial score (nSPS) is 20.9. The third-order valence-electron chi connectivity index (χ3n) is 3.62. The number of carboxylic acid groups (broad SMARTS) is 1. The molecule has 0 unspecified atom stereocenters. The number of carbonyl (C=O) groups excluding carboxylic acids is 1. The summed E-state index contributed by atoms with van der Waals surface area (Å²) in [5.41, 5.74) is 7.48. The first-order valence-electron chi connectivity index (χ1n) is 6.45. The van der Waals surface area contributed by atoms with Gasteiger partial charge in [-0.25, -0.2) is 4.79 Å². The Morgan fingerprint density at radius 2 is 1.95 bits per heavy atom. The molecule has 1 aromatic rings. The number of aliphatic hydroxyl groups is 1. The lowest BCUT2D eigenvalue weighted by atomic mass is 9.93. The van der Waals surface area contributed by atoms with Crippen molar-refractivity contribution in [2.24, 2.45) is 5.73 Å². The summed E-state index contributed by atoms with van der Waals surface area (Å²) in [5, 5.41) is 18.7. The van der Waals surface area contributed by atoms with Gasteiger partial charge >= 0.3 is 5.97 Å². The predicted octanol–water partition coefficient (Wildman–Crippen LogP) is -0.267. The molecule has 0 radical (unpaired) electrons. The quantitative estimate of drug-likeness (QED) is 0.706. The average molecular weight is 278 g/mol. The van der Waals surface area contributed by atoms with E-state index in [4.69, 9.17) is 5.73 Å². The Morgan fingerprint density at radius 1 is 1.35 bits per heavy atom. The fraction of sp³-hybridized carbons (Fsp3) is 0.429. The number of hydrogen-bond acceptors (Lipinski definition) is 4. The van der Waals surface area contributed by atoms with Crippen molar-refractivity contribution in [1.29, 1.82) is 0 Å². The van der Waals surface area contributed by atoms with E-state index in [1.807, 2.05) is 24.3 Å². The minimum Gasteiger partial charge on any atom is -0.480 e. The highest BCUT2D eigenvalue weighted by Crippen LogP contribution is 2.24. The third-order valence-corrected chi connectivity index (χ3v) is 3.62. The molecule has 0 saturated carbocycles. The predicted molar refractivity (Wildman–Crippen MR) is 71.8 cm³/mol. The van der Waals surface area contributed by atoms with Crippen LogP contribution < -0.4 is 5.73 Å². The summed E-state index contributed by atoms with van der Waals surface area (Å²) in [5.74, 6) is -1.60. The lowest BCUT2D eigenvalue weighted by Gasteiger charge is -2.36. The maximum Gasteiger partial charge on any atom is 0.326 e. The summed E-state index contributed by atoms with van der Waals surface area (Å²) in [6.07, 6.45) is -0.766. The molecule has 1 aliphatic rings. The van der Waals surface area contributed by atoms with Gasteiger partial charge in [-0.15, -0.1) is 0 Å². The second-order valence-electron chi connectivity index (χ2n) is 5.06. The molecule has 1 amide bonds. The molecule has 1 aromatic carbocycles. The fourth-order valence-electron chi connectivity index (χ4n) is 2.37. The molecule has 6 heteroatoms. The molecule has 0 aromatic heterocycles. The van der Waals surface area contributed by atoms with E-state index < -0.39 is 30.1 Å². The number of fused-ring (bicyclic) bond motifs is 1. The average Bonchev–Trinajstić information content (AvgIpc) is 2.44. The van der Waals surface area contributed by atoms with E-state index in [2.05, 4.69) is 0 Å². The lowest BCUT2D eigenvalue weighted by Crippen LogP contribution is -2.56. The molecule has 0 saturated heterocycles. The van der Waals surface area contributed by atoms with Gasteiger partial charge in [0.05, 0.1) is 6.10 Å². The fourth-order valence-corrected chi connectivity index (χ4v) is 2.37. The summed E-state index contributed by atoms with van der Waals surface area (Å²) in [6.45, 7) is 1.61. The van der Waals surface area contributed by atoms with Gasteiger partial charge in [0.15, 0.2) is 0 Å². The molecule has 108 valence electrons. The largest absolute Gasteiger partial charge is 0.480 e. The molecule has 3 atom stereocenters. The molecule has 1 aliphatic heterocycles. The summed E-state index contributed by atoms with van der Waals surface area (Å²) in [7, 11) is 0. The number of aliphatic hydroxyl groups excluding tert-OH is 1. The van der Waals surface area contributed by atoms with Gasteiger partial charge in [-0.1, -0.05) is 24.3 Å². The van der Waals surface area contributed by atoms with Crippen LogP contribution in [-0.4, -0.2) is 45.2 Å². The minimum atomic E-state index is -1.11. The van der Waals surface area contributed by atoms with Crippen LogP contribution in [0.1, 0.15) is 18.1 Å².